The van der Waals surface area contributed by atoms with Crippen LogP contribution in [0.5, 0.6) is 0 Å². The largest absolute Gasteiger partial charge is 0.0654 e. The van der Waals surface area contributed by atoms with Gasteiger partial charge in [0.1, 0.15) is 0 Å². The van der Waals surface area contributed by atoms with Crippen molar-refractivity contribution >= 4 is 0 Å². The van der Waals surface area contributed by atoms with Crippen molar-refractivity contribution in [1.29, 1.82) is 0 Å². The molecule has 0 heterocycles. The van der Waals surface area contributed by atoms with Crippen LogP contribution in [0.25, 0.3) is 0 Å². The van der Waals surface area contributed by atoms with E-state index in [0.29, 0.717) is 0 Å². The summed E-state index contributed by atoms with van der Waals surface area (Å²) in [5.74, 6) is 2.17. The maximum atomic E-state index is 2.36. The average Bonchev–Trinajstić information content (AvgIpc) is 2.02. The molecule has 0 spiro atoms. The van der Waals surface area contributed by atoms with E-state index >= 15 is 0 Å². The summed E-state index contributed by atoms with van der Waals surface area (Å²) in [6.45, 7) is 4.66. The Morgan fingerprint density at radius 2 is 2.00 bits per heavy atom. The highest BCUT2D eigenvalue weighted by Crippen LogP contribution is 2.34. The van der Waals surface area contributed by atoms with E-state index < -0.39 is 0 Å². The molecule has 72 valence electrons. The van der Waals surface area contributed by atoms with E-state index in [1.54, 1.807) is 0 Å². The van der Waals surface area contributed by atoms with Gasteiger partial charge in [0, 0.05) is 0 Å². The number of hydrogen-bond donors (Lipinski definition) is 0. The van der Waals surface area contributed by atoms with Gasteiger partial charge in [-0.15, -0.1) is 0 Å². The fourth-order valence-corrected chi connectivity index (χ4v) is 2.18. The molecule has 0 nitrogen and oxygen atoms in total. The lowest BCUT2D eigenvalue weighted by Gasteiger charge is -2.29. The normalized spacial score (nSPS) is 20.5. The molecule has 0 aromatic rings. The number of rotatable bonds is 6. The lowest BCUT2D eigenvalue weighted by atomic mass is 9.77. The Labute approximate surface area is 77.7 Å². The molecule has 0 aromatic heterocycles. The van der Waals surface area contributed by atoms with Gasteiger partial charge < -0.3 is 0 Å². The third kappa shape index (κ3) is 3.16. The molecular formula is C12H24. The van der Waals surface area contributed by atoms with Gasteiger partial charge in [-0.2, -0.15) is 0 Å². The molecule has 1 aliphatic carbocycles. The summed E-state index contributed by atoms with van der Waals surface area (Å²) in [5, 5.41) is 0. The van der Waals surface area contributed by atoms with Crippen molar-refractivity contribution in [3.63, 3.8) is 0 Å². The van der Waals surface area contributed by atoms with Crippen molar-refractivity contribution in [1.82, 2.24) is 0 Å². The van der Waals surface area contributed by atoms with Crippen LogP contribution in [0.4, 0.5) is 0 Å². The van der Waals surface area contributed by atoms with Gasteiger partial charge in [0.2, 0.25) is 0 Å². The van der Waals surface area contributed by atoms with Gasteiger partial charge in [0.15, 0.2) is 0 Å². The highest BCUT2D eigenvalue weighted by atomic mass is 14.3. The van der Waals surface area contributed by atoms with E-state index in [1.807, 2.05) is 0 Å². The summed E-state index contributed by atoms with van der Waals surface area (Å²) in [4.78, 5) is 0. The molecule has 0 heteroatoms. The molecule has 0 aliphatic heterocycles. The summed E-state index contributed by atoms with van der Waals surface area (Å²) in [6.07, 6.45) is 11.8. The first kappa shape index (κ1) is 10.1. The van der Waals surface area contributed by atoms with Crippen LogP contribution in [0.3, 0.4) is 0 Å². The Kier molecular flexibility index (Phi) is 4.72. The van der Waals surface area contributed by atoms with Crippen molar-refractivity contribution in [2.24, 2.45) is 11.8 Å². The minimum Gasteiger partial charge on any atom is -0.0654 e. The molecule has 0 aromatic carbocycles. The van der Waals surface area contributed by atoms with Crippen LogP contribution in [0.1, 0.15) is 65.2 Å². The SMILES string of the molecule is CCCCC(CC)CC1CCC1. The Bertz CT molecular complexity index is 103. The molecular weight excluding hydrogens is 144 g/mol. The summed E-state index contributed by atoms with van der Waals surface area (Å²) in [5.41, 5.74) is 0. The van der Waals surface area contributed by atoms with Crippen molar-refractivity contribution < 1.29 is 0 Å². The predicted octanol–water partition coefficient (Wildman–Crippen LogP) is 4.39. The zero-order chi connectivity index (χ0) is 8.81. The molecule has 12 heavy (non-hydrogen) atoms. The van der Waals surface area contributed by atoms with Crippen molar-refractivity contribution in [3.8, 4) is 0 Å². The van der Waals surface area contributed by atoms with Crippen LogP contribution < -0.4 is 0 Å². The van der Waals surface area contributed by atoms with Gasteiger partial charge in [-0.1, -0.05) is 58.8 Å². The minimum atomic E-state index is 1.05. The van der Waals surface area contributed by atoms with Crippen LogP contribution >= 0.6 is 0 Å². The Balaban J connectivity index is 2.06. The van der Waals surface area contributed by atoms with Gasteiger partial charge >= 0.3 is 0 Å². The monoisotopic (exact) mass is 168 g/mol. The van der Waals surface area contributed by atoms with E-state index in [4.69, 9.17) is 0 Å². The second kappa shape index (κ2) is 5.61. The molecule has 1 rings (SSSR count). The Morgan fingerprint density at radius 3 is 2.42 bits per heavy atom. The van der Waals surface area contributed by atoms with E-state index in [0.717, 1.165) is 11.8 Å². The van der Waals surface area contributed by atoms with Crippen molar-refractivity contribution in [2.45, 2.75) is 65.2 Å². The standard InChI is InChI=1S/C12H24/c1-3-5-7-11(4-2)10-12-8-6-9-12/h11-12H,3-10H2,1-2H3. The van der Waals surface area contributed by atoms with E-state index in [9.17, 15) is 0 Å². The molecule has 0 radical (unpaired) electrons. The van der Waals surface area contributed by atoms with E-state index in [1.165, 1.54) is 51.4 Å². The van der Waals surface area contributed by atoms with Gasteiger partial charge in [0.25, 0.3) is 0 Å². The second-order valence-electron chi connectivity index (χ2n) is 4.45. The zero-order valence-corrected chi connectivity index (χ0v) is 8.81. The first-order valence-corrected chi connectivity index (χ1v) is 5.86. The fraction of sp³-hybridized carbons (Fsp3) is 1.00. The summed E-state index contributed by atoms with van der Waals surface area (Å²) >= 11 is 0. The zero-order valence-electron chi connectivity index (χ0n) is 8.81. The maximum absolute atomic E-state index is 2.36. The lowest BCUT2D eigenvalue weighted by molar-refractivity contribution is 0.236. The summed E-state index contributed by atoms with van der Waals surface area (Å²) in [7, 11) is 0. The predicted molar refractivity (Wildman–Crippen MR) is 55.3 cm³/mol. The highest BCUT2D eigenvalue weighted by Gasteiger charge is 2.20. The van der Waals surface area contributed by atoms with E-state index in [-0.39, 0.29) is 0 Å². The average molecular weight is 168 g/mol. The quantitative estimate of drug-likeness (QED) is 0.551. The van der Waals surface area contributed by atoms with Gasteiger partial charge in [-0.25, -0.2) is 0 Å². The van der Waals surface area contributed by atoms with Crippen molar-refractivity contribution in [2.75, 3.05) is 0 Å². The van der Waals surface area contributed by atoms with Crippen LogP contribution in [-0.2, 0) is 0 Å². The van der Waals surface area contributed by atoms with Gasteiger partial charge in [-0.05, 0) is 18.3 Å². The number of unbranched alkanes of at least 4 members (excludes halogenated alkanes) is 1. The maximum Gasteiger partial charge on any atom is -0.0412 e. The summed E-state index contributed by atoms with van der Waals surface area (Å²) < 4.78 is 0. The van der Waals surface area contributed by atoms with Crippen LogP contribution in [0.15, 0.2) is 0 Å². The number of hydrogen-bond acceptors (Lipinski definition) is 0. The molecule has 0 bridgehead atoms. The smallest absolute Gasteiger partial charge is 0.0412 e. The molecule has 0 N–H and O–H groups in total. The van der Waals surface area contributed by atoms with Gasteiger partial charge in [0.05, 0.1) is 0 Å². The van der Waals surface area contributed by atoms with Crippen molar-refractivity contribution in [3.05, 3.63) is 0 Å². The topological polar surface area (TPSA) is 0 Å². The van der Waals surface area contributed by atoms with Crippen LogP contribution in [0.2, 0.25) is 0 Å². The summed E-state index contributed by atoms with van der Waals surface area (Å²) in [6, 6.07) is 0. The third-order valence-corrected chi connectivity index (χ3v) is 3.43. The van der Waals surface area contributed by atoms with Crippen LogP contribution in [0, 0.1) is 11.8 Å². The molecule has 0 amide bonds. The Morgan fingerprint density at radius 1 is 1.25 bits per heavy atom. The molecule has 1 fully saturated rings. The lowest BCUT2D eigenvalue weighted by Crippen LogP contribution is -2.15. The van der Waals surface area contributed by atoms with E-state index in [2.05, 4.69) is 13.8 Å². The van der Waals surface area contributed by atoms with Gasteiger partial charge in [-0.3, -0.25) is 0 Å². The fourth-order valence-electron chi connectivity index (χ4n) is 2.18. The molecule has 1 saturated carbocycles. The molecule has 1 aliphatic rings. The molecule has 1 unspecified atom stereocenters. The first-order valence-electron chi connectivity index (χ1n) is 5.86. The minimum absolute atomic E-state index is 1.05. The second-order valence-corrected chi connectivity index (χ2v) is 4.45. The molecule has 0 saturated heterocycles. The first-order chi connectivity index (χ1) is 5.86. The Hall–Kier alpha value is 0. The van der Waals surface area contributed by atoms with Crippen LogP contribution in [-0.4, -0.2) is 0 Å². The third-order valence-electron chi connectivity index (χ3n) is 3.43. The molecule has 1 atom stereocenters. The highest BCUT2D eigenvalue weighted by molar-refractivity contribution is 4.73.